The van der Waals surface area contributed by atoms with E-state index < -0.39 is 10.0 Å². The minimum absolute atomic E-state index is 0.0104. The first kappa shape index (κ1) is 22.3. The molecule has 2 aromatic rings. The van der Waals surface area contributed by atoms with Gasteiger partial charge < -0.3 is 10.1 Å². The van der Waals surface area contributed by atoms with E-state index in [1.165, 1.54) is 19.2 Å². The number of sulfonamides is 1. The maximum Gasteiger partial charge on any atom is 0.255 e. The number of benzene rings is 2. The van der Waals surface area contributed by atoms with Crippen molar-refractivity contribution in [3.63, 3.8) is 0 Å². The van der Waals surface area contributed by atoms with Crippen LogP contribution in [0.5, 0.6) is 5.75 Å². The fraction of sp³-hybridized carbons (Fsp3) is 0.435. The lowest BCUT2D eigenvalue weighted by molar-refractivity contribution is 0.102. The van der Waals surface area contributed by atoms with Crippen molar-refractivity contribution in [3.05, 3.63) is 53.1 Å². The number of carbonyl (C=O) groups excluding carboxylic acids is 1. The van der Waals surface area contributed by atoms with Crippen molar-refractivity contribution < 1.29 is 17.9 Å². The first-order valence-electron chi connectivity index (χ1n) is 10.5. The molecule has 3 rings (SSSR count). The molecule has 1 aliphatic carbocycles. The molecular formula is C23H30N2O4S. The van der Waals surface area contributed by atoms with Gasteiger partial charge in [0.1, 0.15) is 10.6 Å². The molecule has 1 saturated carbocycles. The summed E-state index contributed by atoms with van der Waals surface area (Å²) in [6.07, 6.45) is 5.61. The Balaban J connectivity index is 1.89. The molecule has 162 valence electrons. The predicted molar refractivity (Wildman–Crippen MR) is 119 cm³/mol. The monoisotopic (exact) mass is 430 g/mol. The number of hydrogen-bond acceptors (Lipinski definition) is 4. The van der Waals surface area contributed by atoms with Gasteiger partial charge in [0.25, 0.3) is 5.91 Å². The highest BCUT2D eigenvalue weighted by molar-refractivity contribution is 7.89. The maximum absolute atomic E-state index is 13.0. The number of amides is 1. The van der Waals surface area contributed by atoms with Crippen molar-refractivity contribution in [3.8, 4) is 5.75 Å². The topological polar surface area (TPSA) is 84.5 Å². The number of rotatable bonds is 7. The third-order valence-electron chi connectivity index (χ3n) is 5.62. The van der Waals surface area contributed by atoms with Crippen LogP contribution in [-0.4, -0.2) is 27.5 Å². The Morgan fingerprint density at radius 1 is 1.13 bits per heavy atom. The molecule has 30 heavy (non-hydrogen) atoms. The Morgan fingerprint density at radius 3 is 2.53 bits per heavy atom. The van der Waals surface area contributed by atoms with Gasteiger partial charge in [-0.2, -0.15) is 0 Å². The highest BCUT2D eigenvalue weighted by Crippen LogP contribution is 2.28. The van der Waals surface area contributed by atoms with Crippen LogP contribution in [-0.2, 0) is 16.4 Å². The summed E-state index contributed by atoms with van der Waals surface area (Å²) in [6, 6.07) is 10.3. The number of para-hydroxylation sites is 1. The van der Waals surface area contributed by atoms with E-state index in [2.05, 4.69) is 10.0 Å². The van der Waals surface area contributed by atoms with Gasteiger partial charge in [-0.1, -0.05) is 44.4 Å². The molecule has 0 saturated heterocycles. The zero-order valence-corrected chi connectivity index (χ0v) is 18.6. The number of methoxy groups -OCH3 is 1. The quantitative estimate of drug-likeness (QED) is 0.681. The smallest absolute Gasteiger partial charge is 0.255 e. The van der Waals surface area contributed by atoms with Gasteiger partial charge in [-0.25, -0.2) is 13.1 Å². The Bertz CT molecular complexity index is 1010. The van der Waals surface area contributed by atoms with Crippen LogP contribution in [0.4, 0.5) is 5.69 Å². The lowest BCUT2D eigenvalue weighted by atomic mass is 9.96. The molecule has 2 aromatic carbocycles. The van der Waals surface area contributed by atoms with E-state index in [9.17, 15) is 13.2 Å². The normalized spacial score (nSPS) is 15.0. The van der Waals surface area contributed by atoms with Crippen LogP contribution in [0.15, 0.2) is 41.3 Å². The molecule has 0 heterocycles. The van der Waals surface area contributed by atoms with Gasteiger partial charge in [0.15, 0.2) is 0 Å². The minimum Gasteiger partial charge on any atom is -0.495 e. The van der Waals surface area contributed by atoms with Crippen molar-refractivity contribution in [2.45, 2.75) is 63.3 Å². The third kappa shape index (κ3) is 5.02. The van der Waals surface area contributed by atoms with Crippen molar-refractivity contribution in [2.24, 2.45) is 0 Å². The summed E-state index contributed by atoms with van der Waals surface area (Å²) >= 11 is 0. The summed E-state index contributed by atoms with van der Waals surface area (Å²) in [7, 11) is -2.38. The summed E-state index contributed by atoms with van der Waals surface area (Å²) in [5.41, 5.74) is 3.03. The van der Waals surface area contributed by atoms with Crippen molar-refractivity contribution >= 4 is 21.6 Å². The third-order valence-corrected chi connectivity index (χ3v) is 7.16. The molecule has 1 fully saturated rings. The number of nitrogens with one attached hydrogen (secondary N) is 2. The predicted octanol–water partition coefficient (Wildman–Crippen LogP) is 4.43. The van der Waals surface area contributed by atoms with E-state index in [0.717, 1.165) is 55.3 Å². The molecule has 0 atom stereocenters. The largest absolute Gasteiger partial charge is 0.495 e. The molecule has 1 aliphatic rings. The highest BCUT2D eigenvalue weighted by atomic mass is 32.2. The van der Waals surface area contributed by atoms with Crippen molar-refractivity contribution in [1.82, 2.24) is 4.72 Å². The Morgan fingerprint density at radius 2 is 1.87 bits per heavy atom. The number of hydrogen-bond donors (Lipinski definition) is 2. The number of aryl methyl sites for hydroxylation is 2. The fourth-order valence-electron chi connectivity index (χ4n) is 3.92. The summed E-state index contributed by atoms with van der Waals surface area (Å²) in [4.78, 5) is 12.9. The second-order valence-electron chi connectivity index (χ2n) is 7.74. The van der Waals surface area contributed by atoms with Crippen LogP contribution in [0.3, 0.4) is 0 Å². The van der Waals surface area contributed by atoms with Crippen molar-refractivity contribution in [1.29, 1.82) is 0 Å². The van der Waals surface area contributed by atoms with Gasteiger partial charge in [-0.15, -0.1) is 0 Å². The number of ether oxygens (including phenoxy) is 1. The lowest BCUT2D eigenvalue weighted by Crippen LogP contribution is -2.36. The maximum atomic E-state index is 13.0. The second kappa shape index (κ2) is 9.62. The molecule has 0 aromatic heterocycles. The van der Waals surface area contributed by atoms with E-state index in [4.69, 9.17) is 4.74 Å². The van der Waals surface area contributed by atoms with E-state index >= 15 is 0 Å². The van der Waals surface area contributed by atoms with Crippen LogP contribution in [0, 0.1) is 6.92 Å². The molecular weight excluding hydrogens is 400 g/mol. The molecule has 0 bridgehead atoms. The molecule has 0 spiro atoms. The molecule has 1 amide bonds. The summed E-state index contributed by atoms with van der Waals surface area (Å²) in [5.74, 6) is -0.129. The van der Waals surface area contributed by atoms with Crippen LogP contribution in [0.25, 0.3) is 0 Å². The van der Waals surface area contributed by atoms with Crippen LogP contribution >= 0.6 is 0 Å². The fourth-order valence-corrected chi connectivity index (χ4v) is 5.42. The molecule has 0 unspecified atom stereocenters. The Labute approximate surface area is 179 Å². The zero-order valence-electron chi connectivity index (χ0n) is 17.8. The molecule has 0 radical (unpaired) electrons. The first-order chi connectivity index (χ1) is 14.4. The minimum atomic E-state index is -3.81. The number of anilines is 1. The lowest BCUT2D eigenvalue weighted by Gasteiger charge is -2.23. The number of carbonyl (C=O) groups is 1. The Hall–Kier alpha value is -2.38. The highest BCUT2D eigenvalue weighted by Gasteiger charge is 2.26. The van der Waals surface area contributed by atoms with Gasteiger partial charge in [0, 0.05) is 17.3 Å². The van der Waals surface area contributed by atoms with E-state index in [0.29, 0.717) is 0 Å². The van der Waals surface area contributed by atoms with Crippen molar-refractivity contribution in [2.75, 3.05) is 12.4 Å². The van der Waals surface area contributed by atoms with Gasteiger partial charge in [-0.05, 0) is 55.5 Å². The summed E-state index contributed by atoms with van der Waals surface area (Å²) in [5, 5.41) is 2.95. The first-order valence-corrected chi connectivity index (χ1v) is 11.9. The van der Waals surface area contributed by atoms with E-state index in [-0.39, 0.29) is 28.2 Å². The summed E-state index contributed by atoms with van der Waals surface area (Å²) in [6.45, 7) is 3.96. The van der Waals surface area contributed by atoms with E-state index in [1.54, 1.807) is 6.07 Å². The zero-order chi connectivity index (χ0) is 21.7. The molecule has 6 nitrogen and oxygen atoms in total. The average Bonchev–Trinajstić information content (AvgIpc) is 2.75. The van der Waals surface area contributed by atoms with Crippen LogP contribution < -0.4 is 14.8 Å². The molecule has 7 heteroatoms. The van der Waals surface area contributed by atoms with Crippen LogP contribution in [0.1, 0.15) is 60.5 Å². The van der Waals surface area contributed by atoms with E-state index in [1.807, 2.05) is 32.0 Å². The molecule has 2 N–H and O–H groups in total. The second-order valence-corrected chi connectivity index (χ2v) is 9.42. The van der Waals surface area contributed by atoms with Gasteiger partial charge in [0.05, 0.1) is 7.11 Å². The van der Waals surface area contributed by atoms with Gasteiger partial charge >= 0.3 is 0 Å². The standard InChI is InChI=1S/C23H30N2O4S/c1-4-17-10-8-9-16(2)22(17)24-23(26)18-13-14-20(29-3)21(15-18)30(27,28)25-19-11-6-5-7-12-19/h8-10,13-15,19,25H,4-7,11-12H2,1-3H3,(H,24,26). The van der Waals surface area contributed by atoms with Gasteiger partial charge in [0.2, 0.25) is 10.0 Å². The van der Waals surface area contributed by atoms with Crippen LogP contribution in [0.2, 0.25) is 0 Å². The Kier molecular flexibility index (Phi) is 7.15. The SMILES string of the molecule is CCc1cccc(C)c1NC(=O)c1ccc(OC)c(S(=O)(=O)NC2CCCCC2)c1. The summed E-state index contributed by atoms with van der Waals surface area (Å²) < 4.78 is 34.2. The van der Waals surface area contributed by atoms with Gasteiger partial charge in [-0.3, -0.25) is 4.79 Å². The molecule has 0 aliphatic heterocycles. The average molecular weight is 431 g/mol.